The van der Waals surface area contributed by atoms with Crippen LogP contribution in [0.25, 0.3) is 0 Å². The monoisotopic (exact) mass is 678 g/mol. The fraction of sp³-hybridized carbons (Fsp3) is 0.840. The summed E-state index contributed by atoms with van der Waals surface area (Å²) in [7, 11) is -11.1. The second-order valence-electron chi connectivity index (χ2n) is 10.8. The van der Waals surface area contributed by atoms with E-state index in [0.29, 0.717) is 0 Å². The van der Waals surface area contributed by atoms with Crippen molar-refractivity contribution in [1.82, 2.24) is 9.97 Å². The van der Waals surface area contributed by atoms with E-state index in [4.69, 9.17) is 37.0 Å². The minimum Gasteiger partial charge on any atom is -0.475 e. The number of ether oxygens (including phenoxy) is 4. The minimum atomic E-state index is -3.87. The standard InChI is InChI=1S/C25H48N2O13P2S/c1-17(2)37-41(29,38-18(3)4)15-35-21(9)13-33-23-11-24(27-25(26-23)43(10,31)32)34-14-22(12-28)36-16-42(30,39-19(5)6)40-20(7)8/h11,17-22,28H,12-16H2,1-10H3/t21-,22-/m0/s1. The molecule has 0 amide bonds. The highest BCUT2D eigenvalue weighted by atomic mass is 32.2. The van der Waals surface area contributed by atoms with Gasteiger partial charge in [-0.05, 0) is 62.3 Å². The second-order valence-corrected chi connectivity index (χ2v) is 16.5. The lowest BCUT2D eigenvalue weighted by Gasteiger charge is -2.24. The molecule has 0 fully saturated rings. The van der Waals surface area contributed by atoms with Crippen LogP contribution < -0.4 is 9.47 Å². The Kier molecular flexibility index (Phi) is 16.7. The van der Waals surface area contributed by atoms with Gasteiger partial charge in [0.1, 0.15) is 32.0 Å². The number of aromatic nitrogens is 2. The molecule has 1 N–H and O–H groups in total. The van der Waals surface area contributed by atoms with Gasteiger partial charge in [-0.3, -0.25) is 9.13 Å². The Morgan fingerprint density at radius 1 is 0.721 bits per heavy atom. The number of nitrogens with zero attached hydrogens (tertiary/aromatic N) is 2. The number of aliphatic hydroxyl groups excluding tert-OH is 1. The first-order valence-electron chi connectivity index (χ1n) is 13.9. The molecule has 0 aromatic carbocycles. The SMILES string of the molecule is CC(C)OP(=O)(CO[C@@H](CO)COc1cc(OC[C@H](C)OCP(=O)(OC(C)C)OC(C)C)nc(S(C)(=O)=O)n1)OC(C)C. The highest BCUT2D eigenvalue weighted by Crippen LogP contribution is 2.51. The highest BCUT2D eigenvalue weighted by Gasteiger charge is 2.31. The molecule has 1 heterocycles. The van der Waals surface area contributed by atoms with Gasteiger partial charge in [0.2, 0.25) is 21.6 Å². The molecule has 0 aliphatic rings. The molecule has 0 spiro atoms. The number of rotatable bonds is 22. The summed E-state index contributed by atoms with van der Waals surface area (Å²) in [5.41, 5.74) is 0. The van der Waals surface area contributed by atoms with Gasteiger partial charge in [0.05, 0.1) is 43.2 Å². The third kappa shape index (κ3) is 16.6. The van der Waals surface area contributed by atoms with Crippen LogP contribution in [0, 0.1) is 0 Å². The molecule has 0 saturated heterocycles. The van der Waals surface area contributed by atoms with Gasteiger partial charge >= 0.3 is 15.2 Å². The Labute approximate surface area is 255 Å². The Balaban J connectivity index is 2.93. The lowest BCUT2D eigenvalue weighted by molar-refractivity contribution is -0.00631. The maximum atomic E-state index is 13.0. The van der Waals surface area contributed by atoms with Crippen molar-refractivity contribution in [3.8, 4) is 11.8 Å². The summed E-state index contributed by atoms with van der Waals surface area (Å²) in [6, 6.07) is 1.25. The molecule has 0 saturated carbocycles. The lowest BCUT2D eigenvalue weighted by atomic mass is 10.4. The van der Waals surface area contributed by atoms with Gasteiger partial charge in [0, 0.05) is 6.26 Å². The van der Waals surface area contributed by atoms with E-state index >= 15 is 0 Å². The maximum Gasteiger partial charge on any atom is 0.356 e. The number of sulfone groups is 1. The summed E-state index contributed by atoms with van der Waals surface area (Å²) in [4.78, 5) is 7.83. The van der Waals surface area contributed by atoms with Gasteiger partial charge in [-0.25, -0.2) is 8.42 Å². The molecule has 1 rings (SSSR count). The topological polar surface area (TPSA) is 188 Å². The van der Waals surface area contributed by atoms with Crippen molar-refractivity contribution < 1.29 is 59.7 Å². The summed E-state index contributed by atoms with van der Waals surface area (Å²) in [5.74, 6) is -0.316. The van der Waals surface area contributed by atoms with Crippen molar-refractivity contribution in [3.05, 3.63) is 6.07 Å². The first kappa shape index (κ1) is 39.8. The molecule has 1 aromatic heterocycles. The number of hydrogen-bond acceptors (Lipinski definition) is 15. The molecular formula is C25H48N2O13P2S. The van der Waals surface area contributed by atoms with E-state index in [9.17, 15) is 22.7 Å². The zero-order valence-corrected chi connectivity index (χ0v) is 29.2. The van der Waals surface area contributed by atoms with E-state index in [2.05, 4.69) is 9.97 Å². The van der Waals surface area contributed by atoms with E-state index in [1.807, 2.05) is 0 Å². The average Bonchev–Trinajstić information content (AvgIpc) is 2.83. The molecule has 0 unspecified atom stereocenters. The Morgan fingerprint density at radius 3 is 1.49 bits per heavy atom. The number of aliphatic hydroxyl groups is 1. The van der Waals surface area contributed by atoms with Gasteiger partial charge in [-0.15, -0.1) is 0 Å². The van der Waals surface area contributed by atoms with E-state index in [0.717, 1.165) is 6.26 Å². The zero-order chi connectivity index (χ0) is 33.0. The normalized spacial score (nSPS) is 14.6. The van der Waals surface area contributed by atoms with E-state index in [-0.39, 0.29) is 43.5 Å². The van der Waals surface area contributed by atoms with Crippen LogP contribution in [0.1, 0.15) is 62.3 Å². The van der Waals surface area contributed by atoms with Crippen molar-refractivity contribution in [3.63, 3.8) is 0 Å². The van der Waals surface area contributed by atoms with Crippen LogP contribution >= 0.6 is 15.2 Å². The van der Waals surface area contributed by atoms with Gasteiger partial charge in [0.15, 0.2) is 0 Å². The van der Waals surface area contributed by atoms with Gasteiger partial charge < -0.3 is 42.1 Å². The smallest absolute Gasteiger partial charge is 0.356 e. The van der Waals surface area contributed by atoms with E-state index < -0.39 is 67.6 Å². The van der Waals surface area contributed by atoms with Crippen molar-refractivity contribution in [2.24, 2.45) is 0 Å². The maximum absolute atomic E-state index is 13.0. The molecule has 0 bridgehead atoms. The predicted molar refractivity (Wildman–Crippen MR) is 158 cm³/mol. The summed E-state index contributed by atoms with van der Waals surface area (Å²) >= 11 is 0. The summed E-state index contributed by atoms with van der Waals surface area (Å²) < 4.78 is 94.6. The molecule has 0 radical (unpaired) electrons. The molecule has 252 valence electrons. The van der Waals surface area contributed by atoms with Gasteiger partial charge in [-0.1, -0.05) is 0 Å². The van der Waals surface area contributed by atoms with Crippen LogP contribution in [-0.4, -0.2) is 98.9 Å². The summed E-state index contributed by atoms with van der Waals surface area (Å²) in [5, 5.41) is 9.21. The molecule has 43 heavy (non-hydrogen) atoms. The number of hydrogen-bond donors (Lipinski definition) is 1. The van der Waals surface area contributed by atoms with Crippen molar-refractivity contribution in [2.75, 3.05) is 38.8 Å². The quantitative estimate of drug-likeness (QED) is 0.134. The Morgan fingerprint density at radius 2 is 1.12 bits per heavy atom. The fourth-order valence-electron chi connectivity index (χ4n) is 3.15. The highest BCUT2D eigenvalue weighted by molar-refractivity contribution is 7.90. The average molecular weight is 679 g/mol. The van der Waals surface area contributed by atoms with Crippen LogP contribution in [0.15, 0.2) is 11.2 Å². The van der Waals surface area contributed by atoms with Crippen LogP contribution in [0.4, 0.5) is 0 Å². The van der Waals surface area contributed by atoms with Gasteiger partial charge in [0.25, 0.3) is 5.16 Å². The molecule has 0 aliphatic carbocycles. The van der Waals surface area contributed by atoms with Crippen molar-refractivity contribution >= 4 is 25.0 Å². The van der Waals surface area contributed by atoms with E-state index in [1.165, 1.54) is 6.07 Å². The van der Waals surface area contributed by atoms with Crippen LogP contribution in [-0.2, 0) is 46.5 Å². The minimum absolute atomic E-state index is 0.105. The first-order valence-corrected chi connectivity index (χ1v) is 19.2. The Hall–Kier alpha value is -1.19. The zero-order valence-electron chi connectivity index (χ0n) is 26.6. The molecule has 18 heteroatoms. The largest absolute Gasteiger partial charge is 0.475 e. The molecule has 2 atom stereocenters. The van der Waals surface area contributed by atoms with Crippen molar-refractivity contribution in [2.45, 2.75) is 104 Å². The third-order valence-electron chi connectivity index (χ3n) is 4.55. The lowest BCUT2D eigenvalue weighted by Crippen LogP contribution is -2.27. The second kappa shape index (κ2) is 18.1. The summed E-state index contributed by atoms with van der Waals surface area (Å²) in [6.45, 7) is 14.5. The van der Waals surface area contributed by atoms with E-state index in [1.54, 1.807) is 62.3 Å². The molecule has 15 nitrogen and oxygen atoms in total. The van der Waals surface area contributed by atoms with Crippen LogP contribution in [0.2, 0.25) is 0 Å². The predicted octanol–water partition coefficient (Wildman–Crippen LogP) is 4.42. The van der Waals surface area contributed by atoms with Crippen LogP contribution in [0.3, 0.4) is 0 Å². The fourth-order valence-corrected chi connectivity index (χ4v) is 7.41. The summed E-state index contributed by atoms with van der Waals surface area (Å²) in [6.07, 6.45) is -2.94. The Bertz CT molecular complexity index is 1150. The molecular weight excluding hydrogens is 630 g/mol. The first-order chi connectivity index (χ1) is 19.8. The molecule has 1 aromatic rings. The molecule has 0 aliphatic heterocycles. The van der Waals surface area contributed by atoms with Crippen molar-refractivity contribution in [1.29, 1.82) is 0 Å². The van der Waals surface area contributed by atoms with Gasteiger partial charge in [-0.2, -0.15) is 9.97 Å². The van der Waals surface area contributed by atoms with Crippen LogP contribution in [0.5, 0.6) is 11.8 Å². The third-order valence-corrected chi connectivity index (χ3v) is 9.30.